The van der Waals surface area contributed by atoms with Gasteiger partial charge in [0.2, 0.25) is 0 Å². The molecule has 3 N–H and O–H groups in total. The third-order valence-corrected chi connectivity index (χ3v) is 2.70. The van der Waals surface area contributed by atoms with Crippen LogP contribution in [0.2, 0.25) is 0 Å². The lowest BCUT2D eigenvalue weighted by atomic mass is 10.1. The van der Waals surface area contributed by atoms with E-state index in [9.17, 15) is 9.59 Å². The number of nitrogens with one attached hydrogen (secondary N) is 2. The Hall–Kier alpha value is -2.89. The van der Waals surface area contributed by atoms with E-state index in [1.54, 1.807) is 36.7 Å². The number of anilines is 2. The molecule has 108 valence electrons. The van der Waals surface area contributed by atoms with Crippen LogP contribution < -0.4 is 10.6 Å². The molecule has 0 saturated carbocycles. The second-order valence-electron chi connectivity index (χ2n) is 4.60. The van der Waals surface area contributed by atoms with Gasteiger partial charge < -0.3 is 15.7 Å². The van der Waals surface area contributed by atoms with Crippen LogP contribution in [0, 0.1) is 6.92 Å². The number of amides is 2. The number of urea groups is 1. The molecule has 0 saturated heterocycles. The van der Waals surface area contributed by atoms with Crippen molar-refractivity contribution in [3.8, 4) is 0 Å². The Bertz CT molecular complexity index is 653. The zero-order valence-corrected chi connectivity index (χ0v) is 11.5. The van der Waals surface area contributed by atoms with Gasteiger partial charge in [0.15, 0.2) is 0 Å². The maximum atomic E-state index is 11.8. The number of hydrogen-bond acceptors (Lipinski definition) is 3. The molecular weight excluding hydrogens is 270 g/mol. The number of carboxylic acids is 1. The highest BCUT2D eigenvalue weighted by Crippen LogP contribution is 2.12. The van der Waals surface area contributed by atoms with E-state index in [0.717, 1.165) is 5.56 Å². The SMILES string of the molecule is Cc1cncc(NC(=O)Nc2ccc(CC(=O)O)cc2)c1. The van der Waals surface area contributed by atoms with Gasteiger partial charge in [-0.1, -0.05) is 12.1 Å². The van der Waals surface area contributed by atoms with Crippen LogP contribution in [0.3, 0.4) is 0 Å². The smallest absolute Gasteiger partial charge is 0.323 e. The second-order valence-corrected chi connectivity index (χ2v) is 4.60. The molecule has 2 aromatic rings. The van der Waals surface area contributed by atoms with Crippen molar-refractivity contribution < 1.29 is 14.7 Å². The van der Waals surface area contributed by atoms with Crippen molar-refractivity contribution in [3.63, 3.8) is 0 Å². The highest BCUT2D eigenvalue weighted by atomic mass is 16.4. The van der Waals surface area contributed by atoms with E-state index in [4.69, 9.17) is 5.11 Å². The van der Waals surface area contributed by atoms with Gasteiger partial charge in [-0.3, -0.25) is 9.78 Å². The predicted molar refractivity (Wildman–Crippen MR) is 79.4 cm³/mol. The second kappa shape index (κ2) is 6.51. The number of hydrogen-bond donors (Lipinski definition) is 3. The molecule has 0 aliphatic heterocycles. The fourth-order valence-corrected chi connectivity index (χ4v) is 1.80. The van der Waals surface area contributed by atoms with Gasteiger partial charge in [-0.2, -0.15) is 0 Å². The third kappa shape index (κ3) is 4.61. The molecular formula is C15H15N3O3. The molecule has 1 heterocycles. The first kappa shape index (κ1) is 14.5. The summed E-state index contributed by atoms with van der Waals surface area (Å²) in [7, 11) is 0. The lowest BCUT2D eigenvalue weighted by Gasteiger charge is -2.08. The highest BCUT2D eigenvalue weighted by molar-refractivity contribution is 5.99. The summed E-state index contributed by atoms with van der Waals surface area (Å²) in [5.74, 6) is -0.889. The Morgan fingerprint density at radius 2 is 1.76 bits per heavy atom. The molecule has 21 heavy (non-hydrogen) atoms. The molecule has 6 nitrogen and oxygen atoms in total. The van der Waals surface area contributed by atoms with Crippen LogP contribution in [0.25, 0.3) is 0 Å². The van der Waals surface area contributed by atoms with Crippen molar-refractivity contribution >= 4 is 23.4 Å². The van der Waals surface area contributed by atoms with Crippen molar-refractivity contribution in [2.75, 3.05) is 10.6 Å². The van der Waals surface area contributed by atoms with Gasteiger partial charge in [0.25, 0.3) is 0 Å². The number of aliphatic carboxylic acids is 1. The van der Waals surface area contributed by atoms with Gasteiger partial charge in [-0.05, 0) is 36.2 Å². The van der Waals surface area contributed by atoms with Gasteiger partial charge in [-0.15, -0.1) is 0 Å². The summed E-state index contributed by atoms with van der Waals surface area (Å²) in [4.78, 5) is 26.4. The van der Waals surface area contributed by atoms with E-state index in [-0.39, 0.29) is 12.5 Å². The molecule has 1 aromatic heterocycles. The summed E-state index contributed by atoms with van der Waals surface area (Å²) < 4.78 is 0. The van der Waals surface area contributed by atoms with Crippen molar-refractivity contribution in [2.45, 2.75) is 13.3 Å². The van der Waals surface area contributed by atoms with E-state index in [1.165, 1.54) is 0 Å². The van der Waals surface area contributed by atoms with Crippen LogP contribution in [0.15, 0.2) is 42.7 Å². The minimum Gasteiger partial charge on any atom is -0.481 e. The maximum absolute atomic E-state index is 11.8. The number of benzene rings is 1. The van der Waals surface area contributed by atoms with E-state index >= 15 is 0 Å². The number of aromatic nitrogens is 1. The minimum absolute atomic E-state index is 0.0402. The summed E-state index contributed by atoms with van der Waals surface area (Å²) >= 11 is 0. The monoisotopic (exact) mass is 285 g/mol. The molecule has 2 rings (SSSR count). The average molecular weight is 285 g/mol. The highest BCUT2D eigenvalue weighted by Gasteiger charge is 2.04. The Morgan fingerprint density at radius 1 is 1.10 bits per heavy atom. The van der Waals surface area contributed by atoms with Crippen molar-refractivity contribution in [1.29, 1.82) is 0 Å². The summed E-state index contributed by atoms with van der Waals surface area (Å²) in [5.41, 5.74) is 2.82. The Labute approximate surface area is 121 Å². The number of aryl methyl sites for hydroxylation is 1. The van der Waals surface area contributed by atoms with Crippen molar-refractivity contribution in [1.82, 2.24) is 4.98 Å². The maximum Gasteiger partial charge on any atom is 0.323 e. The molecule has 1 aromatic carbocycles. The molecule has 2 amide bonds. The number of nitrogens with zero attached hydrogens (tertiary/aromatic N) is 1. The molecule has 0 bridgehead atoms. The van der Waals surface area contributed by atoms with Gasteiger partial charge in [0.1, 0.15) is 0 Å². The largest absolute Gasteiger partial charge is 0.481 e. The summed E-state index contributed by atoms with van der Waals surface area (Å²) in [6, 6.07) is 8.07. The first-order valence-electron chi connectivity index (χ1n) is 6.33. The number of pyridine rings is 1. The van der Waals surface area contributed by atoms with Crippen molar-refractivity contribution in [2.24, 2.45) is 0 Å². The number of carbonyl (C=O) groups excluding carboxylic acids is 1. The normalized spacial score (nSPS) is 9.95. The standard InChI is InChI=1S/C15H15N3O3/c1-10-6-13(9-16-8-10)18-15(21)17-12-4-2-11(3-5-12)7-14(19)20/h2-6,8-9H,7H2,1H3,(H,19,20)(H2,17,18,21). The van der Waals surface area contributed by atoms with E-state index in [2.05, 4.69) is 15.6 Å². The lowest BCUT2D eigenvalue weighted by molar-refractivity contribution is -0.136. The fraction of sp³-hybridized carbons (Fsp3) is 0.133. The Kier molecular flexibility index (Phi) is 4.50. The fourth-order valence-electron chi connectivity index (χ4n) is 1.80. The third-order valence-electron chi connectivity index (χ3n) is 2.70. The van der Waals surface area contributed by atoms with Gasteiger partial charge >= 0.3 is 12.0 Å². The van der Waals surface area contributed by atoms with Gasteiger partial charge in [0, 0.05) is 11.9 Å². The van der Waals surface area contributed by atoms with Crippen LogP contribution in [0.4, 0.5) is 16.2 Å². The summed E-state index contributed by atoms with van der Waals surface area (Å²) in [6.07, 6.45) is 3.22. The first-order chi connectivity index (χ1) is 10.0. The number of carbonyl (C=O) groups is 2. The first-order valence-corrected chi connectivity index (χ1v) is 6.33. The van der Waals surface area contributed by atoms with Crippen LogP contribution in [-0.2, 0) is 11.2 Å². The average Bonchev–Trinajstić information content (AvgIpc) is 2.40. The molecule has 0 aliphatic rings. The Morgan fingerprint density at radius 3 is 2.38 bits per heavy atom. The quantitative estimate of drug-likeness (QED) is 0.805. The molecule has 0 fully saturated rings. The minimum atomic E-state index is -0.889. The lowest BCUT2D eigenvalue weighted by Crippen LogP contribution is -2.19. The molecule has 0 spiro atoms. The number of rotatable bonds is 4. The van der Waals surface area contributed by atoms with Gasteiger partial charge in [-0.25, -0.2) is 4.79 Å². The molecule has 0 aliphatic carbocycles. The van der Waals surface area contributed by atoms with Crippen molar-refractivity contribution in [3.05, 3.63) is 53.9 Å². The van der Waals surface area contributed by atoms with Crippen LogP contribution in [-0.4, -0.2) is 22.1 Å². The summed E-state index contributed by atoms with van der Waals surface area (Å²) in [5, 5.41) is 14.0. The molecule has 0 radical (unpaired) electrons. The molecule has 0 unspecified atom stereocenters. The predicted octanol–water partition coefficient (Wildman–Crippen LogP) is 2.66. The molecule has 6 heteroatoms. The van der Waals surface area contributed by atoms with Crippen LogP contribution in [0.5, 0.6) is 0 Å². The van der Waals surface area contributed by atoms with Gasteiger partial charge in [0.05, 0.1) is 18.3 Å². The van der Waals surface area contributed by atoms with E-state index in [1.807, 2.05) is 13.0 Å². The molecule has 0 atom stereocenters. The number of carboxylic acid groups (broad SMARTS) is 1. The zero-order chi connectivity index (χ0) is 15.2. The van der Waals surface area contributed by atoms with Crippen LogP contribution in [0.1, 0.15) is 11.1 Å². The Balaban J connectivity index is 1.95. The topological polar surface area (TPSA) is 91.3 Å². The van der Waals surface area contributed by atoms with E-state index in [0.29, 0.717) is 16.9 Å². The summed E-state index contributed by atoms with van der Waals surface area (Å²) in [6.45, 7) is 1.89. The zero-order valence-electron chi connectivity index (χ0n) is 11.5. The van der Waals surface area contributed by atoms with Crippen LogP contribution >= 0.6 is 0 Å². The van der Waals surface area contributed by atoms with E-state index < -0.39 is 5.97 Å².